The molecule has 0 spiro atoms. The number of amides is 3. The molecule has 0 aromatic carbocycles. The molecule has 0 unspecified atom stereocenters. The molecule has 5 N–H and O–H groups in total. The molecule has 20 nitrogen and oxygen atoms in total. The number of ether oxygens (including phenoxy) is 3. The number of unbranched alkanes of at least 4 members (excludes halogenated alkanes) is 2. The number of nitrogens with one attached hydrogen (secondary N) is 3. The molecule has 0 fully saturated rings. The first-order chi connectivity index (χ1) is 29.7. The fourth-order valence-corrected chi connectivity index (χ4v) is 5.46. The largest absolute Gasteiger partial charge is 0.467 e. The van der Waals surface area contributed by atoms with E-state index in [1.165, 1.54) is 37.1 Å². The summed E-state index contributed by atoms with van der Waals surface area (Å²) in [6.07, 6.45) is 8.72. The van der Waals surface area contributed by atoms with Crippen LogP contribution in [-0.4, -0.2) is 136 Å². The lowest BCUT2D eigenvalue weighted by Crippen LogP contribution is -2.43. The number of halogens is 1. The van der Waals surface area contributed by atoms with E-state index in [0.29, 0.717) is 58.9 Å². The van der Waals surface area contributed by atoms with Crippen LogP contribution in [0.5, 0.6) is 11.8 Å². The summed E-state index contributed by atoms with van der Waals surface area (Å²) in [5.41, 5.74) is 5.70. The van der Waals surface area contributed by atoms with Crippen molar-refractivity contribution >= 4 is 53.5 Å². The van der Waals surface area contributed by atoms with Crippen LogP contribution >= 0.6 is 12.4 Å². The Labute approximate surface area is 387 Å². The summed E-state index contributed by atoms with van der Waals surface area (Å²) in [7, 11) is 11.9. The zero-order chi connectivity index (χ0) is 46.6. The van der Waals surface area contributed by atoms with Gasteiger partial charge in [0.2, 0.25) is 11.6 Å². The maximum absolute atomic E-state index is 12.8. The molecule has 65 heavy (non-hydrogen) atoms. The van der Waals surface area contributed by atoms with Crippen LogP contribution in [0.3, 0.4) is 0 Å². The number of alkyl carbamates (subject to hydrolysis) is 1. The van der Waals surface area contributed by atoms with E-state index in [1.807, 2.05) is 42.3 Å². The van der Waals surface area contributed by atoms with Crippen LogP contribution in [0, 0.1) is 0 Å². The highest BCUT2D eigenvalue weighted by molar-refractivity contribution is 5.99. The minimum Gasteiger partial charge on any atom is -0.467 e. The van der Waals surface area contributed by atoms with E-state index in [9.17, 15) is 24.0 Å². The van der Waals surface area contributed by atoms with Crippen LogP contribution in [0.2, 0.25) is 0 Å². The van der Waals surface area contributed by atoms with Crippen LogP contribution in [0.1, 0.15) is 87.4 Å². The summed E-state index contributed by atoms with van der Waals surface area (Å²) in [6, 6.07) is 8.50. The molecule has 0 aliphatic heterocycles. The summed E-state index contributed by atoms with van der Waals surface area (Å²) < 4.78 is 26.3. The number of nitrogens with zero attached hydrogens (tertiary/aromatic N) is 6. The maximum atomic E-state index is 12.8. The van der Waals surface area contributed by atoms with Crippen LogP contribution < -0.4 is 40.1 Å². The normalized spacial score (nSPS) is 12.1. The van der Waals surface area contributed by atoms with Gasteiger partial charge in [0.05, 0.1) is 65.5 Å². The summed E-state index contributed by atoms with van der Waals surface area (Å²) in [5, 5.41) is 15.5. The SMILES string of the molecule is C.CC(C)(C)OC(=O)NCCCC[C@H](NC(=O)c1ccc([N+](C)(C)C)nc1)C(=O)COc1ccon1.C[N+](C)(C)c1ccc(C(=O)N[C@@H](CCCCN)C(=O)COc2ccon2)cn1.Cl. The molecule has 3 amide bonds. The van der Waals surface area contributed by atoms with Gasteiger partial charge in [-0.3, -0.25) is 28.1 Å². The minimum atomic E-state index is -0.783. The Kier molecular flexibility index (Phi) is 24.0. The highest BCUT2D eigenvalue weighted by atomic mass is 35.5. The molecular formula is C44H69ClN10O10+2. The minimum absolute atomic E-state index is 0. The number of ketones is 2. The van der Waals surface area contributed by atoms with Crippen molar-refractivity contribution in [2.24, 2.45) is 5.73 Å². The number of rotatable bonds is 23. The van der Waals surface area contributed by atoms with Crippen molar-refractivity contribution in [2.45, 2.75) is 84.4 Å². The average Bonchev–Trinajstić information content (AvgIpc) is 3.95. The first kappa shape index (κ1) is 57.1. The number of pyridine rings is 2. The van der Waals surface area contributed by atoms with E-state index in [0.717, 1.165) is 24.5 Å². The number of quaternary nitrogens is 2. The van der Waals surface area contributed by atoms with Gasteiger partial charge in [-0.25, -0.2) is 14.8 Å². The molecule has 0 radical (unpaired) electrons. The van der Waals surface area contributed by atoms with Gasteiger partial charge in [-0.05, 0) is 88.3 Å². The predicted molar refractivity (Wildman–Crippen MR) is 249 cm³/mol. The first-order valence-corrected chi connectivity index (χ1v) is 20.6. The highest BCUT2D eigenvalue weighted by Gasteiger charge is 2.25. The molecule has 4 rings (SSSR count). The summed E-state index contributed by atoms with van der Waals surface area (Å²) in [4.78, 5) is 71.2. The van der Waals surface area contributed by atoms with E-state index in [-0.39, 0.29) is 62.3 Å². The lowest BCUT2D eigenvalue weighted by Gasteiger charge is -2.22. The maximum Gasteiger partial charge on any atom is 0.407 e. The van der Waals surface area contributed by atoms with Crippen LogP contribution in [0.4, 0.5) is 16.4 Å². The topological polar surface area (TPSA) is 253 Å². The fourth-order valence-electron chi connectivity index (χ4n) is 5.46. The number of nitrogens with two attached hydrogens (primary N) is 1. The zero-order valence-corrected chi connectivity index (χ0v) is 39.1. The van der Waals surface area contributed by atoms with Gasteiger partial charge in [-0.2, -0.15) is 0 Å². The van der Waals surface area contributed by atoms with Gasteiger partial charge in [-0.15, -0.1) is 12.4 Å². The Balaban J connectivity index is 0.000000645. The molecule has 0 saturated heterocycles. The molecule has 4 heterocycles. The van der Waals surface area contributed by atoms with Crippen molar-refractivity contribution in [3.05, 3.63) is 72.4 Å². The van der Waals surface area contributed by atoms with E-state index in [1.54, 1.807) is 45.0 Å². The van der Waals surface area contributed by atoms with Gasteiger partial charge < -0.3 is 44.9 Å². The van der Waals surface area contributed by atoms with E-state index >= 15 is 0 Å². The standard InChI is InChI=1S/C24H35N5O6.C19H27N5O4.CH4.ClH/c1-24(2,3)35-23(32)25-13-8-7-9-18(19(30)16-33-21-12-14-34-28-21)27-22(31)17-10-11-20(26-15-17)29(4,5)6;1-24(2,3)17-8-7-14(12-21-17)19(26)22-15(6-4-5-10-20)16(25)13-27-18-9-11-28-23-18;;/h10-12,14-15,18H,7-9,13,16H2,1-6H3,(H-,25,27,31,32);7-9,11-12,15H,4-6,10,13,20H2,1-3H3;1H4;1H/p+2/t18-;15-;;/m00../s1. The number of hydrogen-bond donors (Lipinski definition) is 4. The van der Waals surface area contributed by atoms with Gasteiger partial charge >= 0.3 is 6.09 Å². The molecule has 0 aliphatic carbocycles. The molecule has 0 saturated carbocycles. The number of aromatic nitrogens is 4. The number of carbonyl (C=O) groups excluding carboxylic acids is 5. The molecule has 4 aromatic heterocycles. The second-order valence-electron chi connectivity index (χ2n) is 17.3. The van der Waals surface area contributed by atoms with Crippen molar-refractivity contribution in [1.29, 1.82) is 0 Å². The lowest BCUT2D eigenvalue weighted by molar-refractivity contribution is -0.123. The van der Waals surface area contributed by atoms with Crippen LogP contribution in [0.15, 0.2) is 70.4 Å². The molecule has 21 heteroatoms. The van der Waals surface area contributed by atoms with Crippen LogP contribution in [-0.2, 0) is 14.3 Å². The smallest absolute Gasteiger partial charge is 0.407 e. The second kappa shape index (κ2) is 27.4. The Morgan fingerprint density at radius 1 is 0.677 bits per heavy atom. The average molecular weight is 934 g/mol. The third kappa shape index (κ3) is 21.5. The molecule has 360 valence electrons. The molecule has 2 atom stereocenters. The van der Waals surface area contributed by atoms with Crippen LogP contribution in [0.25, 0.3) is 0 Å². The quantitative estimate of drug-likeness (QED) is 0.0570. The van der Waals surface area contributed by atoms with E-state index < -0.39 is 29.7 Å². The second-order valence-corrected chi connectivity index (χ2v) is 17.3. The van der Waals surface area contributed by atoms with E-state index in [2.05, 4.69) is 40.8 Å². The first-order valence-electron chi connectivity index (χ1n) is 20.6. The Bertz CT molecular complexity index is 2010. The highest BCUT2D eigenvalue weighted by Crippen LogP contribution is 2.16. The third-order valence-electron chi connectivity index (χ3n) is 8.87. The van der Waals surface area contributed by atoms with Crippen molar-refractivity contribution in [1.82, 2.24) is 45.2 Å². The molecular weight excluding hydrogens is 864 g/mol. The Hall–Kier alpha value is -5.96. The summed E-state index contributed by atoms with van der Waals surface area (Å²) >= 11 is 0. The summed E-state index contributed by atoms with van der Waals surface area (Å²) in [5.74, 6) is 0.721. The van der Waals surface area contributed by atoms with Gasteiger partial charge in [-0.1, -0.05) is 7.43 Å². The third-order valence-corrected chi connectivity index (χ3v) is 8.87. The molecule has 0 aliphatic rings. The molecule has 4 aromatic rings. The summed E-state index contributed by atoms with van der Waals surface area (Å²) in [6.45, 7) is 5.80. The van der Waals surface area contributed by atoms with Crippen molar-refractivity contribution < 1.29 is 47.2 Å². The van der Waals surface area contributed by atoms with E-state index in [4.69, 9.17) is 24.5 Å². The van der Waals surface area contributed by atoms with Gasteiger partial charge in [0.25, 0.3) is 23.6 Å². The Morgan fingerprint density at radius 3 is 1.45 bits per heavy atom. The zero-order valence-electron chi connectivity index (χ0n) is 38.3. The van der Waals surface area contributed by atoms with Crippen molar-refractivity contribution in [3.8, 4) is 11.8 Å². The Morgan fingerprint density at radius 2 is 1.11 bits per heavy atom. The lowest BCUT2D eigenvalue weighted by atomic mass is 10.0. The monoisotopic (exact) mass is 932 g/mol. The number of Topliss-reactive ketones (excluding diaryl/α,β-unsaturated/α-hetero) is 2. The fraction of sp³-hybridized carbons (Fsp3) is 0.523. The van der Waals surface area contributed by atoms with Gasteiger partial charge in [0, 0.05) is 43.2 Å². The van der Waals surface area contributed by atoms with Crippen molar-refractivity contribution in [2.75, 3.05) is 68.6 Å². The number of carbonyl (C=O) groups is 5. The van der Waals surface area contributed by atoms with Gasteiger partial charge in [0.1, 0.15) is 18.1 Å². The molecule has 0 bridgehead atoms. The van der Waals surface area contributed by atoms with Crippen molar-refractivity contribution in [3.63, 3.8) is 0 Å². The number of hydrogen-bond acceptors (Lipinski definition) is 15. The van der Waals surface area contributed by atoms with Gasteiger partial charge in [0.15, 0.2) is 24.8 Å². The predicted octanol–water partition coefficient (Wildman–Crippen LogP) is 4.91.